The molecule has 0 aliphatic rings. The first-order chi connectivity index (χ1) is 10.3. The highest BCUT2D eigenvalue weighted by Crippen LogP contribution is 2.28. The summed E-state index contributed by atoms with van der Waals surface area (Å²) in [6, 6.07) is 3.19. The van der Waals surface area contributed by atoms with E-state index in [9.17, 15) is 22.8 Å². The van der Waals surface area contributed by atoms with Crippen molar-refractivity contribution in [2.24, 2.45) is 0 Å². The summed E-state index contributed by atoms with van der Waals surface area (Å²) in [5, 5.41) is 8.82. The maximum Gasteiger partial charge on any atom is 0.354 e. The van der Waals surface area contributed by atoms with E-state index in [1.54, 1.807) is 0 Å². The number of rotatable bonds is 4. The van der Waals surface area contributed by atoms with E-state index < -0.39 is 46.2 Å². The van der Waals surface area contributed by atoms with Crippen LogP contribution in [-0.2, 0) is 0 Å². The van der Waals surface area contributed by atoms with Crippen LogP contribution in [0.3, 0.4) is 0 Å². The van der Waals surface area contributed by atoms with Gasteiger partial charge in [0.25, 0.3) is 0 Å². The lowest BCUT2D eigenvalue weighted by molar-refractivity contribution is 0.0690. The van der Waals surface area contributed by atoms with E-state index in [2.05, 4.69) is 4.98 Å². The summed E-state index contributed by atoms with van der Waals surface area (Å²) in [5.41, 5.74) is -2.31. The molecule has 0 aliphatic heterocycles. The zero-order chi connectivity index (χ0) is 16.4. The normalized spacial score (nSPS) is 10.5. The Labute approximate surface area is 123 Å². The fourth-order valence-electron chi connectivity index (χ4n) is 1.90. The van der Waals surface area contributed by atoms with Crippen molar-refractivity contribution < 1.29 is 27.9 Å². The molecular weight excluding hydrogens is 299 g/mol. The van der Waals surface area contributed by atoms with Crippen molar-refractivity contribution in [1.82, 2.24) is 4.98 Å². The molecule has 0 saturated heterocycles. The molecule has 1 heterocycles. The quantitative estimate of drug-likeness (QED) is 0.878. The minimum Gasteiger partial charge on any atom is -0.477 e. The number of hydrogen-bond donors (Lipinski definition) is 1. The van der Waals surface area contributed by atoms with Crippen molar-refractivity contribution in [3.63, 3.8) is 0 Å². The minimum atomic E-state index is -1.46. The van der Waals surface area contributed by atoms with Crippen LogP contribution in [0.5, 0.6) is 0 Å². The number of carbonyl (C=O) groups excluding carboxylic acids is 1. The van der Waals surface area contributed by atoms with Crippen molar-refractivity contribution in [3.8, 4) is 11.3 Å². The van der Waals surface area contributed by atoms with Crippen LogP contribution in [0.15, 0.2) is 24.3 Å². The van der Waals surface area contributed by atoms with Crippen LogP contribution >= 0.6 is 0 Å². The van der Waals surface area contributed by atoms with Gasteiger partial charge in [-0.2, -0.15) is 0 Å². The van der Waals surface area contributed by atoms with Gasteiger partial charge in [0.1, 0.15) is 28.8 Å². The van der Waals surface area contributed by atoms with Crippen LogP contribution in [0.25, 0.3) is 11.3 Å². The van der Waals surface area contributed by atoms with Crippen molar-refractivity contribution in [3.05, 3.63) is 53.0 Å². The van der Waals surface area contributed by atoms with Gasteiger partial charge in [-0.3, -0.25) is 4.79 Å². The number of halogens is 3. The first kappa shape index (κ1) is 15.7. The number of nitrogens with zero attached hydrogens (tertiary/aromatic N) is 1. The smallest absolute Gasteiger partial charge is 0.354 e. The van der Waals surface area contributed by atoms with Gasteiger partial charge in [0.2, 0.25) is 0 Å². The highest BCUT2D eigenvalue weighted by atomic mass is 19.1. The summed E-state index contributed by atoms with van der Waals surface area (Å²) in [6.07, 6.45) is 0.0549. The number of carbonyl (C=O) groups is 2. The molecule has 4 nitrogen and oxygen atoms in total. The molecule has 0 saturated carbocycles. The molecule has 22 heavy (non-hydrogen) atoms. The minimum absolute atomic E-state index is 0.0549. The van der Waals surface area contributed by atoms with Crippen LogP contribution < -0.4 is 0 Å². The van der Waals surface area contributed by atoms with Gasteiger partial charge in [0.15, 0.2) is 5.78 Å². The summed E-state index contributed by atoms with van der Waals surface area (Å²) in [7, 11) is 0. The second kappa shape index (κ2) is 5.97. The number of ketones is 1. The first-order valence-electron chi connectivity index (χ1n) is 6.27. The Hall–Kier alpha value is -2.70. The Kier molecular flexibility index (Phi) is 4.25. The second-order valence-electron chi connectivity index (χ2n) is 4.42. The molecule has 0 amide bonds. The predicted octanol–water partition coefficient (Wildman–Crippen LogP) is 3.46. The fourth-order valence-corrected chi connectivity index (χ4v) is 1.90. The first-order valence-corrected chi connectivity index (χ1v) is 6.27. The monoisotopic (exact) mass is 309 g/mol. The van der Waals surface area contributed by atoms with Gasteiger partial charge >= 0.3 is 5.97 Å². The van der Waals surface area contributed by atoms with Crippen LogP contribution in [0.4, 0.5) is 13.2 Å². The Bertz CT molecular complexity index is 752. The number of hydrogen-bond acceptors (Lipinski definition) is 3. The Morgan fingerprint density at radius 2 is 1.68 bits per heavy atom. The number of pyridine rings is 1. The molecule has 0 radical (unpaired) electrons. The van der Waals surface area contributed by atoms with E-state index in [1.807, 2.05) is 0 Å². The summed E-state index contributed by atoms with van der Waals surface area (Å²) >= 11 is 0. The van der Waals surface area contributed by atoms with E-state index in [0.717, 1.165) is 24.3 Å². The standard InChI is InChI=1S/C15H10F3NO3/c1-2-12(20)7-5-9(17)13(10(18)6-7)14-8(16)3-4-11(19-14)15(21)22/h3-6H,2H2,1H3,(H,21,22). The summed E-state index contributed by atoms with van der Waals surface area (Å²) < 4.78 is 41.9. The van der Waals surface area contributed by atoms with E-state index in [1.165, 1.54) is 6.92 Å². The SMILES string of the molecule is CCC(=O)c1cc(F)c(-c2nc(C(=O)O)ccc2F)c(F)c1. The molecule has 114 valence electrons. The topological polar surface area (TPSA) is 67.3 Å². The van der Waals surface area contributed by atoms with Crippen molar-refractivity contribution >= 4 is 11.8 Å². The third-order valence-corrected chi connectivity index (χ3v) is 2.99. The zero-order valence-corrected chi connectivity index (χ0v) is 11.4. The van der Waals surface area contributed by atoms with E-state index in [0.29, 0.717) is 0 Å². The number of carboxylic acids is 1. The molecule has 0 unspecified atom stereocenters. The third-order valence-electron chi connectivity index (χ3n) is 2.99. The lowest BCUT2D eigenvalue weighted by Gasteiger charge is -2.08. The van der Waals surface area contributed by atoms with Gasteiger partial charge in [0, 0.05) is 12.0 Å². The molecule has 2 rings (SSSR count). The molecule has 1 aromatic heterocycles. The van der Waals surface area contributed by atoms with Gasteiger partial charge in [-0.15, -0.1) is 0 Å². The van der Waals surface area contributed by atoms with Gasteiger partial charge in [0.05, 0.1) is 5.56 Å². The van der Waals surface area contributed by atoms with Crippen molar-refractivity contribution in [2.45, 2.75) is 13.3 Å². The molecule has 0 fully saturated rings. The van der Waals surface area contributed by atoms with Gasteiger partial charge in [-0.1, -0.05) is 6.92 Å². The van der Waals surface area contributed by atoms with Crippen LogP contribution in [0.2, 0.25) is 0 Å². The van der Waals surface area contributed by atoms with E-state index in [4.69, 9.17) is 5.11 Å². The van der Waals surface area contributed by atoms with E-state index >= 15 is 0 Å². The third kappa shape index (κ3) is 2.83. The average molecular weight is 309 g/mol. The molecule has 0 atom stereocenters. The number of aromatic nitrogens is 1. The maximum absolute atomic E-state index is 14.1. The summed E-state index contributed by atoms with van der Waals surface area (Å²) in [5.74, 6) is -5.38. The van der Waals surface area contributed by atoms with Gasteiger partial charge in [-0.25, -0.2) is 22.9 Å². The molecule has 1 N–H and O–H groups in total. The second-order valence-corrected chi connectivity index (χ2v) is 4.42. The molecule has 0 aliphatic carbocycles. The average Bonchev–Trinajstić information content (AvgIpc) is 2.47. The molecule has 0 bridgehead atoms. The van der Waals surface area contributed by atoms with E-state index in [-0.39, 0.29) is 12.0 Å². The van der Waals surface area contributed by atoms with Gasteiger partial charge in [-0.05, 0) is 24.3 Å². The van der Waals surface area contributed by atoms with Crippen LogP contribution in [0.1, 0.15) is 34.2 Å². The summed E-state index contributed by atoms with van der Waals surface area (Å²) in [6.45, 7) is 1.53. The number of carboxylic acid groups (broad SMARTS) is 1. The number of benzene rings is 1. The zero-order valence-electron chi connectivity index (χ0n) is 11.4. The van der Waals surface area contributed by atoms with Crippen molar-refractivity contribution in [1.29, 1.82) is 0 Å². The Balaban J connectivity index is 2.65. The lowest BCUT2D eigenvalue weighted by atomic mass is 10.0. The molecule has 7 heteroatoms. The Morgan fingerprint density at radius 3 is 2.18 bits per heavy atom. The Morgan fingerprint density at radius 1 is 1.09 bits per heavy atom. The number of aromatic carboxylic acids is 1. The molecule has 0 spiro atoms. The van der Waals surface area contributed by atoms with Gasteiger partial charge < -0.3 is 5.11 Å². The van der Waals surface area contributed by atoms with Crippen LogP contribution in [0, 0.1) is 17.5 Å². The maximum atomic E-state index is 14.1. The number of Topliss-reactive ketones (excluding diaryl/α,β-unsaturated/α-hetero) is 1. The molecular formula is C15H10F3NO3. The molecule has 2 aromatic rings. The highest BCUT2D eigenvalue weighted by molar-refractivity contribution is 5.96. The van der Waals surface area contributed by atoms with Crippen LogP contribution in [-0.4, -0.2) is 21.8 Å². The lowest BCUT2D eigenvalue weighted by Crippen LogP contribution is -2.06. The fraction of sp³-hybridized carbons (Fsp3) is 0.133. The molecule has 1 aromatic carbocycles. The highest BCUT2D eigenvalue weighted by Gasteiger charge is 2.21. The predicted molar refractivity (Wildman–Crippen MR) is 71.1 cm³/mol. The van der Waals surface area contributed by atoms with Crippen molar-refractivity contribution in [2.75, 3.05) is 0 Å². The summed E-state index contributed by atoms with van der Waals surface area (Å²) in [4.78, 5) is 25.7. The largest absolute Gasteiger partial charge is 0.477 e.